The van der Waals surface area contributed by atoms with Crippen molar-refractivity contribution in [3.05, 3.63) is 29.6 Å². The number of rotatable bonds is 3. The fourth-order valence-corrected chi connectivity index (χ4v) is 1.50. The van der Waals surface area contributed by atoms with Gasteiger partial charge in [-0.05, 0) is 24.5 Å². The molecular formula is C11H14N4O2. The molecule has 17 heavy (non-hydrogen) atoms. The molecular weight excluding hydrogens is 220 g/mol. The summed E-state index contributed by atoms with van der Waals surface area (Å²) in [4.78, 5) is 15.7. The Morgan fingerprint density at radius 2 is 2.35 bits per heavy atom. The van der Waals surface area contributed by atoms with Gasteiger partial charge in [0, 0.05) is 17.8 Å². The number of nitrogens with zero attached hydrogens (tertiary/aromatic N) is 2. The molecule has 1 aromatic heterocycles. The van der Waals surface area contributed by atoms with Crippen LogP contribution in [0.2, 0.25) is 0 Å². The highest BCUT2D eigenvalue weighted by Gasteiger charge is 2.34. The van der Waals surface area contributed by atoms with E-state index in [2.05, 4.69) is 22.4 Å². The van der Waals surface area contributed by atoms with Crippen molar-refractivity contribution >= 4 is 11.7 Å². The van der Waals surface area contributed by atoms with Crippen LogP contribution in [0.25, 0.3) is 0 Å². The van der Waals surface area contributed by atoms with Crippen molar-refractivity contribution in [1.29, 1.82) is 0 Å². The summed E-state index contributed by atoms with van der Waals surface area (Å²) in [6, 6.07) is 3.41. The lowest BCUT2D eigenvalue weighted by Crippen LogP contribution is -2.27. The summed E-state index contributed by atoms with van der Waals surface area (Å²) in [5, 5.41) is 14.2. The molecule has 6 nitrogen and oxygen atoms in total. The van der Waals surface area contributed by atoms with Crippen molar-refractivity contribution in [2.45, 2.75) is 19.4 Å². The Labute approximate surface area is 98.5 Å². The minimum Gasteiger partial charge on any atom is -0.409 e. The van der Waals surface area contributed by atoms with E-state index in [1.807, 2.05) is 0 Å². The maximum Gasteiger partial charge on any atom is 0.270 e. The molecule has 1 saturated carbocycles. The summed E-state index contributed by atoms with van der Waals surface area (Å²) in [7, 11) is 0. The van der Waals surface area contributed by atoms with E-state index in [0.29, 0.717) is 17.2 Å². The monoisotopic (exact) mass is 234 g/mol. The van der Waals surface area contributed by atoms with Crippen molar-refractivity contribution in [2.75, 3.05) is 0 Å². The third-order valence-corrected chi connectivity index (χ3v) is 2.83. The zero-order valence-corrected chi connectivity index (χ0v) is 9.42. The van der Waals surface area contributed by atoms with Gasteiger partial charge in [-0.15, -0.1) is 0 Å². The van der Waals surface area contributed by atoms with E-state index in [0.717, 1.165) is 6.42 Å². The number of pyridine rings is 1. The molecule has 6 heteroatoms. The first-order valence-corrected chi connectivity index (χ1v) is 5.36. The molecule has 1 aliphatic rings. The largest absolute Gasteiger partial charge is 0.409 e. The Morgan fingerprint density at radius 3 is 2.82 bits per heavy atom. The highest BCUT2D eigenvalue weighted by Crippen LogP contribution is 2.29. The van der Waals surface area contributed by atoms with Crippen LogP contribution in [0, 0.1) is 5.92 Å². The number of hydrogen-bond donors (Lipinski definition) is 3. The summed E-state index contributed by atoms with van der Waals surface area (Å²) in [6.45, 7) is 2.08. The third-order valence-electron chi connectivity index (χ3n) is 2.83. The number of aromatic nitrogens is 1. The summed E-state index contributed by atoms with van der Waals surface area (Å²) in [5.74, 6) is 0.334. The lowest BCUT2D eigenvalue weighted by molar-refractivity contribution is 0.0944. The van der Waals surface area contributed by atoms with Crippen LogP contribution in [0.15, 0.2) is 23.5 Å². The van der Waals surface area contributed by atoms with Crippen LogP contribution < -0.4 is 11.1 Å². The third kappa shape index (κ3) is 2.52. The first-order valence-electron chi connectivity index (χ1n) is 5.36. The number of carbonyl (C=O) groups excluding carboxylic acids is 1. The van der Waals surface area contributed by atoms with Crippen LogP contribution in [-0.2, 0) is 0 Å². The molecule has 1 aliphatic carbocycles. The van der Waals surface area contributed by atoms with Crippen molar-refractivity contribution in [3.63, 3.8) is 0 Å². The molecule has 2 unspecified atom stereocenters. The molecule has 2 rings (SSSR count). The second kappa shape index (κ2) is 4.40. The maximum atomic E-state index is 11.7. The molecule has 0 saturated heterocycles. The SMILES string of the molecule is CC1CC1NC(=O)c1ccc(C(N)=NO)cn1. The summed E-state index contributed by atoms with van der Waals surface area (Å²) in [5.41, 5.74) is 6.20. The zero-order chi connectivity index (χ0) is 12.4. The van der Waals surface area contributed by atoms with Gasteiger partial charge in [-0.3, -0.25) is 9.78 Å². The van der Waals surface area contributed by atoms with Gasteiger partial charge >= 0.3 is 0 Å². The Hall–Kier alpha value is -2.11. The molecule has 0 radical (unpaired) electrons. The summed E-state index contributed by atoms with van der Waals surface area (Å²) < 4.78 is 0. The summed E-state index contributed by atoms with van der Waals surface area (Å²) >= 11 is 0. The fraction of sp³-hybridized carbons (Fsp3) is 0.364. The number of carbonyl (C=O) groups is 1. The van der Waals surface area contributed by atoms with Gasteiger partial charge in [0.25, 0.3) is 5.91 Å². The van der Waals surface area contributed by atoms with E-state index < -0.39 is 0 Å². The smallest absolute Gasteiger partial charge is 0.270 e. The Bertz CT molecular complexity index is 455. The van der Waals surface area contributed by atoms with Crippen LogP contribution in [0.4, 0.5) is 0 Å². The van der Waals surface area contributed by atoms with Crippen molar-refractivity contribution in [2.24, 2.45) is 16.8 Å². The molecule has 2 atom stereocenters. The maximum absolute atomic E-state index is 11.7. The lowest BCUT2D eigenvalue weighted by atomic mass is 10.2. The van der Waals surface area contributed by atoms with Crippen LogP contribution in [0.3, 0.4) is 0 Å². The second-order valence-electron chi connectivity index (χ2n) is 4.21. The highest BCUT2D eigenvalue weighted by atomic mass is 16.4. The van der Waals surface area contributed by atoms with Crippen molar-refractivity contribution < 1.29 is 10.0 Å². The van der Waals surface area contributed by atoms with Gasteiger partial charge in [0.05, 0.1) is 0 Å². The van der Waals surface area contributed by atoms with E-state index in [4.69, 9.17) is 10.9 Å². The van der Waals surface area contributed by atoms with Crippen LogP contribution >= 0.6 is 0 Å². The van der Waals surface area contributed by atoms with E-state index in [-0.39, 0.29) is 17.8 Å². The lowest BCUT2D eigenvalue weighted by Gasteiger charge is -2.03. The van der Waals surface area contributed by atoms with E-state index in [9.17, 15) is 4.79 Å². The first-order chi connectivity index (χ1) is 8.11. The van der Waals surface area contributed by atoms with E-state index in [1.165, 1.54) is 6.20 Å². The Morgan fingerprint density at radius 1 is 1.65 bits per heavy atom. The fourth-order valence-electron chi connectivity index (χ4n) is 1.50. The minimum absolute atomic E-state index is 0.0275. The first kappa shape index (κ1) is 11.4. The van der Waals surface area contributed by atoms with Crippen LogP contribution in [0.5, 0.6) is 0 Å². The van der Waals surface area contributed by atoms with Gasteiger partial charge < -0.3 is 16.3 Å². The number of amides is 1. The number of hydrogen-bond acceptors (Lipinski definition) is 4. The molecule has 90 valence electrons. The quantitative estimate of drug-likeness (QED) is 0.303. The molecule has 1 aromatic rings. The molecule has 0 bridgehead atoms. The molecule has 0 spiro atoms. The zero-order valence-electron chi connectivity index (χ0n) is 9.42. The number of amidine groups is 1. The van der Waals surface area contributed by atoms with Gasteiger partial charge in [0.1, 0.15) is 5.69 Å². The van der Waals surface area contributed by atoms with Gasteiger partial charge in [-0.2, -0.15) is 0 Å². The second-order valence-corrected chi connectivity index (χ2v) is 4.21. The molecule has 4 N–H and O–H groups in total. The highest BCUT2D eigenvalue weighted by molar-refractivity contribution is 5.98. The Kier molecular flexibility index (Phi) is 2.95. The normalized spacial score (nSPS) is 23.2. The van der Waals surface area contributed by atoms with Crippen molar-refractivity contribution in [3.8, 4) is 0 Å². The van der Waals surface area contributed by atoms with Gasteiger partial charge in [-0.25, -0.2) is 0 Å². The van der Waals surface area contributed by atoms with Gasteiger partial charge in [0.15, 0.2) is 5.84 Å². The van der Waals surface area contributed by atoms with E-state index >= 15 is 0 Å². The molecule has 1 heterocycles. The number of oxime groups is 1. The van der Waals surface area contributed by atoms with E-state index in [1.54, 1.807) is 12.1 Å². The molecule has 0 aliphatic heterocycles. The van der Waals surface area contributed by atoms with Gasteiger partial charge in [-0.1, -0.05) is 12.1 Å². The van der Waals surface area contributed by atoms with Crippen molar-refractivity contribution in [1.82, 2.24) is 10.3 Å². The average Bonchev–Trinajstić information content (AvgIpc) is 3.04. The van der Waals surface area contributed by atoms with Gasteiger partial charge in [0.2, 0.25) is 0 Å². The number of nitrogens with two attached hydrogens (primary N) is 1. The molecule has 1 fully saturated rings. The summed E-state index contributed by atoms with van der Waals surface area (Å²) in [6.07, 6.45) is 2.42. The van der Waals surface area contributed by atoms with Crippen LogP contribution in [0.1, 0.15) is 29.4 Å². The number of nitrogens with one attached hydrogen (secondary N) is 1. The topological polar surface area (TPSA) is 101 Å². The minimum atomic E-state index is -0.189. The molecule has 1 amide bonds. The molecule has 0 aromatic carbocycles. The predicted octanol–water partition coefficient (Wildman–Crippen LogP) is 0.314. The average molecular weight is 234 g/mol. The Balaban J connectivity index is 2.04. The van der Waals surface area contributed by atoms with Crippen LogP contribution in [-0.4, -0.2) is 28.0 Å². The predicted molar refractivity (Wildman–Crippen MR) is 61.8 cm³/mol. The standard InChI is InChI=1S/C11H14N4O2/c1-6-4-9(6)14-11(16)8-3-2-7(5-13-8)10(12)15-17/h2-3,5-6,9,17H,4H2,1H3,(H2,12,15)(H,14,16).